The molecule has 3 aliphatic heterocycles. The largest absolute Gasteiger partial charge is 0.382 e. The van der Waals surface area contributed by atoms with Crippen LogP contribution in [0.5, 0.6) is 0 Å². The molecule has 1 unspecified atom stereocenters. The van der Waals surface area contributed by atoms with Crippen LogP contribution in [-0.2, 0) is 4.79 Å². The number of carbonyl (C=O) groups excluding carboxylic acids is 1. The molecule has 32 heavy (non-hydrogen) atoms. The van der Waals surface area contributed by atoms with Gasteiger partial charge in [0.2, 0.25) is 6.43 Å². The Hall–Kier alpha value is -2.70. The Morgan fingerprint density at radius 3 is 2.72 bits per heavy atom. The summed E-state index contributed by atoms with van der Waals surface area (Å²) in [7, 11) is 0. The van der Waals surface area contributed by atoms with Crippen molar-refractivity contribution in [1.82, 2.24) is 15.2 Å². The van der Waals surface area contributed by atoms with Crippen molar-refractivity contribution in [3.05, 3.63) is 59.6 Å². The Morgan fingerprint density at radius 1 is 1.31 bits per heavy atom. The number of hydrazone groups is 1. The molecule has 1 amide bonds. The number of unbranched alkanes of at least 4 members (excludes halogenated alkanes) is 1. The quantitative estimate of drug-likeness (QED) is 0.467. The van der Waals surface area contributed by atoms with E-state index in [2.05, 4.69) is 23.9 Å². The molecule has 0 aromatic carbocycles. The van der Waals surface area contributed by atoms with Gasteiger partial charge >= 0.3 is 0 Å². The van der Waals surface area contributed by atoms with Crippen molar-refractivity contribution >= 4 is 12.1 Å². The van der Waals surface area contributed by atoms with Gasteiger partial charge in [0.25, 0.3) is 5.91 Å². The van der Waals surface area contributed by atoms with E-state index in [-0.39, 0.29) is 12.3 Å². The van der Waals surface area contributed by atoms with E-state index in [1.54, 1.807) is 11.2 Å². The number of likely N-dealkylation sites (tertiary alicyclic amines) is 1. The van der Waals surface area contributed by atoms with Crippen LogP contribution in [0, 0.1) is 0 Å². The second-order valence-corrected chi connectivity index (χ2v) is 8.78. The maximum absolute atomic E-state index is 13.5. The first kappa shape index (κ1) is 24.0. The summed E-state index contributed by atoms with van der Waals surface area (Å²) in [5, 5.41) is 9.58. The summed E-state index contributed by atoms with van der Waals surface area (Å²) < 4.78 is 25.4. The van der Waals surface area contributed by atoms with E-state index in [1.807, 2.05) is 42.3 Å². The zero-order valence-corrected chi connectivity index (χ0v) is 19.1. The highest BCUT2D eigenvalue weighted by atomic mass is 19.3. The van der Waals surface area contributed by atoms with Gasteiger partial charge in [-0.3, -0.25) is 4.79 Å². The summed E-state index contributed by atoms with van der Waals surface area (Å²) in [6, 6.07) is 0. The van der Waals surface area contributed by atoms with Gasteiger partial charge in [0.15, 0.2) is 0 Å². The lowest BCUT2D eigenvalue weighted by molar-refractivity contribution is -0.130. The van der Waals surface area contributed by atoms with Gasteiger partial charge in [0.1, 0.15) is 0 Å². The fourth-order valence-corrected chi connectivity index (χ4v) is 4.09. The van der Waals surface area contributed by atoms with Crippen LogP contribution < -0.4 is 5.32 Å². The average molecular weight is 445 g/mol. The first-order valence-corrected chi connectivity index (χ1v) is 11.5. The van der Waals surface area contributed by atoms with Crippen LogP contribution in [0.3, 0.4) is 0 Å². The lowest BCUT2D eigenvalue weighted by atomic mass is 9.87. The molecule has 3 heterocycles. The molecule has 1 atom stereocenters. The summed E-state index contributed by atoms with van der Waals surface area (Å²) in [6.07, 6.45) is 13.3. The number of nitrogens with one attached hydrogen (secondary N) is 1. The fraction of sp³-hybridized carbons (Fsp3) is 0.520. The lowest BCUT2D eigenvalue weighted by Gasteiger charge is -2.36. The molecule has 0 radical (unpaired) electrons. The van der Waals surface area contributed by atoms with Crippen molar-refractivity contribution < 1.29 is 13.6 Å². The molecule has 1 fully saturated rings. The van der Waals surface area contributed by atoms with Crippen molar-refractivity contribution in [1.29, 1.82) is 0 Å². The molecular formula is C25H34F2N4O. The van der Waals surface area contributed by atoms with Crippen molar-refractivity contribution in [3.63, 3.8) is 0 Å². The van der Waals surface area contributed by atoms with Crippen LogP contribution in [0.25, 0.3) is 0 Å². The van der Waals surface area contributed by atoms with Gasteiger partial charge in [-0.2, -0.15) is 5.10 Å². The molecule has 5 nitrogen and oxygen atoms in total. The van der Waals surface area contributed by atoms with Gasteiger partial charge in [-0.25, -0.2) is 13.8 Å². The molecule has 1 saturated heterocycles. The molecular weight excluding hydrogens is 410 g/mol. The minimum atomic E-state index is -2.30. The molecule has 1 N–H and O–H groups in total. The van der Waals surface area contributed by atoms with Crippen molar-refractivity contribution in [2.24, 2.45) is 5.10 Å². The maximum atomic E-state index is 13.5. The van der Waals surface area contributed by atoms with Crippen LogP contribution in [0.2, 0.25) is 0 Å². The molecule has 3 aliphatic rings. The van der Waals surface area contributed by atoms with E-state index in [0.717, 1.165) is 49.2 Å². The van der Waals surface area contributed by atoms with Crippen molar-refractivity contribution in [2.45, 2.75) is 70.8 Å². The van der Waals surface area contributed by atoms with E-state index < -0.39 is 12.0 Å². The highest BCUT2D eigenvalue weighted by Gasteiger charge is 2.32. The number of dihydropyridines is 1. The zero-order valence-electron chi connectivity index (χ0n) is 19.1. The highest BCUT2D eigenvalue weighted by molar-refractivity contribution is 5.95. The smallest absolute Gasteiger partial charge is 0.251 e. The number of rotatable bonds is 10. The molecule has 0 aromatic heterocycles. The van der Waals surface area contributed by atoms with Crippen molar-refractivity contribution in [3.8, 4) is 0 Å². The number of hydrogen-bond donors (Lipinski definition) is 1. The molecule has 0 saturated carbocycles. The Kier molecular flexibility index (Phi) is 8.04. The number of halogens is 2. The zero-order chi connectivity index (χ0) is 23.1. The first-order chi connectivity index (χ1) is 15.3. The normalized spacial score (nSPS) is 23.2. The summed E-state index contributed by atoms with van der Waals surface area (Å²) in [6.45, 7) is 9.78. The molecule has 3 rings (SSSR count). The standard InChI is InChI=1S/C25H34F2N4O/c1-4-5-10-21(24(32)30-16-8-17-30)23(31-19(2)9-7-14-29-31)20-12-15-28-25(3,18-20)13-6-11-22(26)27/h7,9,12,14-15,18,22,28H,2,4-6,8,10-11,13,16-17H2,1,3H3/b23-21+. The van der Waals surface area contributed by atoms with Crippen LogP contribution in [0.1, 0.15) is 58.8 Å². The van der Waals surface area contributed by atoms with Crippen molar-refractivity contribution in [2.75, 3.05) is 13.1 Å². The predicted molar refractivity (Wildman–Crippen MR) is 125 cm³/mol. The second kappa shape index (κ2) is 10.7. The SMILES string of the molecule is C=C1C=CC=NN1/C(C1=CC(C)(CCCC(F)F)NC=C1)=C(\CCCC)C(=O)N1CCC1. The van der Waals surface area contributed by atoms with Crippen LogP contribution in [-0.4, -0.2) is 47.1 Å². The second-order valence-electron chi connectivity index (χ2n) is 8.78. The summed E-state index contributed by atoms with van der Waals surface area (Å²) in [5.74, 6) is 0.0458. The average Bonchev–Trinajstić information content (AvgIpc) is 2.70. The molecule has 0 spiro atoms. The van der Waals surface area contributed by atoms with Crippen LogP contribution in [0.4, 0.5) is 8.78 Å². The number of alkyl halides is 2. The highest BCUT2D eigenvalue weighted by Crippen LogP contribution is 2.34. The monoisotopic (exact) mass is 444 g/mol. The van der Waals surface area contributed by atoms with Gasteiger partial charge < -0.3 is 10.2 Å². The third kappa shape index (κ3) is 5.75. The molecule has 174 valence electrons. The van der Waals surface area contributed by atoms with Crippen LogP contribution >= 0.6 is 0 Å². The van der Waals surface area contributed by atoms with Gasteiger partial charge in [-0.15, -0.1) is 0 Å². The number of amides is 1. The van der Waals surface area contributed by atoms with E-state index >= 15 is 0 Å². The summed E-state index contributed by atoms with van der Waals surface area (Å²) in [5.41, 5.74) is 2.51. The Balaban J connectivity index is 2.04. The molecule has 0 bridgehead atoms. The number of hydrogen-bond acceptors (Lipinski definition) is 4. The summed E-state index contributed by atoms with van der Waals surface area (Å²) >= 11 is 0. The minimum absolute atomic E-state index is 0.0458. The van der Waals surface area contributed by atoms with Gasteiger partial charge in [-0.1, -0.05) is 26.0 Å². The van der Waals surface area contributed by atoms with Gasteiger partial charge in [-0.05, 0) is 63.5 Å². The first-order valence-electron chi connectivity index (χ1n) is 11.5. The Morgan fingerprint density at radius 2 is 2.09 bits per heavy atom. The summed E-state index contributed by atoms with van der Waals surface area (Å²) in [4.78, 5) is 15.3. The van der Waals surface area contributed by atoms with E-state index in [1.165, 1.54) is 0 Å². The van der Waals surface area contributed by atoms with E-state index in [9.17, 15) is 13.6 Å². The molecule has 0 aliphatic carbocycles. The lowest BCUT2D eigenvalue weighted by Crippen LogP contribution is -2.44. The maximum Gasteiger partial charge on any atom is 0.251 e. The number of carbonyl (C=O) groups is 1. The third-order valence-corrected chi connectivity index (χ3v) is 6.05. The van der Waals surface area contributed by atoms with Gasteiger partial charge in [0, 0.05) is 36.9 Å². The van der Waals surface area contributed by atoms with E-state index in [4.69, 9.17) is 0 Å². The van der Waals surface area contributed by atoms with Crippen LogP contribution in [0.15, 0.2) is 64.7 Å². The van der Waals surface area contributed by atoms with Gasteiger partial charge in [0.05, 0.1) is 16.9 Å². The topological polar surface area (TPSA) is 47.9 Å². The number of allylic oxidation sites excluding steroid dienone is 3. The minimum Gasteiger partial charge on any atom is -0.382 e. The Labute approximate surface area is 189 Å². The Bertz CT molecular complexity index is 867. The number of nitrogens with zero attached hydrogens (tertiary/aromatic N) is 3. The van der Waals surface area contributed by atoms with E-state index in [0.29, 0.717) is 25.0 Å². The fourth-order valence-electron chi connectivity index (χ4n) is 4.09. The molecule has 0 aromatic rings. The predicted octanol–water partition coefficient (Wildman–Crippen LogP) is 5.27. The third-order valence-electron chi connectivity index (χ3n) is 6.05. The molecule has 7 heteroatoms.